The summed E-state index contributed by atoms with van der Waals surface area (Å²) in [5, 5.41) is 11.0. The molecule has 0 aliphatic rings. The van der Waals surface area contributed by atoms with Crippen LogP contribution in [0.1, 0.15) is 56.1 Å². The highest BCUT2D eigenvalue weighted by molar-refractivity contribution is 7.93. The van der Waals surface area contributed by atoms with Crippen LogP contribution in [0.4, 0.5) is 5.13 Å². The number of nitrogens with one attached hydrogen (secondary N) is 1. The predicted octanol–water partition coefficient (Wildman–Crippen LogP) is 4.42. The van der Waals surface area contributed by atoms with Crippen molar-refractivity contribution >= 4 is 32.4 Å². The number of benzene rings is 2. The monoisotopic (exact) mass is 516 g/mol. The van der Waals surface area contributed by atoms with Gasteiger partial charge < -0.3 is 10.1 Å². The van der Waals surface area contributed by atoms with Crippen LogP contribution in [0.15, 0.2) is 52.9 Å². The lowest BCUT2D eigenvalue weighted by atomic mass is 9.86. The van der Waals surface area contributed by atoms with E-state index in [2.05, 4.69) is 36.3 Å². The molecule has 188 valence electrons. The van der Waals surface area contributed by atoms with Crippen LogP contribution in [-0.2, 0) is 21.9 Å². The summed E-state index contributed by atoms with van der Waals surface area (Å²) in [6, 6.07) is 12.0. The van der Waals surface area contributed by atoms with Crippen LogP contribution < -0.4 is 14.4 Å². The Labute approximate surface area is 211 Å². The molecule has 3 aromatic rings. The van der Waals surface area contributed by atoms with Crippen LogP contribution in [-0.4, -0.2) is 44.2 Å². The van der Waals surface area contributed by atoms with Crippen LogP contribution >= 0.6 is 11.3 Å². The lowest BCUT2D eigenvalue weighted by Gasteiger charge is -2.25. The Morgan fingerprint density at radius 2 is 1.83 bits per heavy atom. The maximum absolute atomic E-state index is 13.2. The average molecular weight is 517 g/mol. The maximum atomic E-state index is 13.2. The van der Waals surface area contributed by atoms with E-state index >= 15 is 0 Å². The summed E-state index contributed by atoms with van der Waals surface area (Å²) in [5.74, 6) is 0.312. The second-order valence-corrected chi connectivity index (χ2v) is 12.1. The number of rotatable bonds is 9. The molecule has 1 amide bonds. The van der Waals surface area contributed by atoms with E-state index in [1.165, 1.54) is 21.2 Å². The predicted molar refractivity (Wildman–Crippen MR) is 139 cm³/mol. The molecule has 0 unspecified atom stereocenters. The van der Waals surface area contributed by atoms with Crippen molar-refractivity contribution in [2.75, 3.05) is 18.0 Å². The zero-order valence-corrected chi connectivity index (χ0v) is 22.5. The lowest BCUT2D eigenvalue weighted by molar-refractivity contribution is 0.0951. The molecule has 3 rings (SSSR count). The fourth-order valence-electron chi connectivity index (χ4n) is 3.57. The van der Waals surface area contributed by atoms with Crippen LogP contribution in [0, 0.1) is 0 Å². The third-order valence-corrected chi connectivity index (χ3v) is 8.28. The molecule has 0 bridgehead atoms. The summed E-state index contributed by atoms with van der Waals surface area (Å²) >= 11 is 1.18. The molecule has 10 heteroatoms. The van der Waals surface area contributed by atoms with Crippen molar-refractivity contribution in [3.8, 4) is 5.75 Å². The van der Waals surface area contributed by atoms with Crippen molar-refractivity contribution in [2.45, 2.75) is 57.4 Å². The normalized spacial score (nSPS) is 12.0. The Morgan fingerprint density at radius 1 is 1.14 bits per heavy atom. The van der Waals surface area contributed by atoms with Crippen molar-refractivity contribution < 1.29 is 17.9 Å². The van der Waals surface area contributed by atoms with E-state index in [-0.39, 0.29) is 22.3 Å². The number of ether oxygens (including phenoxy) is 1. The van der Waals surface area contributed by atoms with Gasteiger partial charge in [-0.15, -0.1) is 10.2 Å². The first-order valence-corrected chi connectivity index (χ1v) is 13.6. The van der Waals surface area contributed by atoms with Gasteiger partial charge in [0.1, 0.15) is 11.3 Å². The average Bonchev–Trinajstić information content (AvgIpc) is 3.31. The Kier molecular flexibility index (Phi) is 8.17. The smallest absolute Gasteiger partial charge is 0.266 e. The van der Waals surface area contributed by atoms with Crippen LogP contribution in [0.5, 0.6) is 5.75 Å². The van der Waals surface area contributed by atoms with Crippen LogP contribution in [0.25, 0.3) is 0 Å². The maximum Gasteiger partial charge on any atom is 0.266 e. The standard InChI is InChI=1S/C25H32N4O4S2/c1-17(2)29(24-28-27-16-34-24)35(31,32)20-10-7-18(8-11-20)13-14-26-23(30)21-15-19(25(3,4)5)9-12-22(21)33-6/h7-12,15-17H,13-14H2,1-6H3,(H,26,30). The van der Waals surface area contributed by atoms with Crippen molar-refractivity contribution in [3.63, 3.8) is 0 Å². The fraction of sp³-hybridized carbons (Fsp3) is 0.400. The highest BCUT2D eigenvalue weighted by Gasteiger charge is 2.29. The quantitative estimate of drug-likeness (QED) is 0.452. The molecule has 2 aromatic carbocycles. The number of hydrogen-bond donors (Lipinski definition) is 1. The van der Waals surface area contributed by atoms with E-state index in [0.29, 0.717) is 29.4 Å². The van der Waals surface area contributed by atoms with Crippen molar-refractivity contribution in [1.29, 1.82) is 0 Å². The summed E-state index contributed by atoms with van der Waals surface area (Å²) in [6.07, 6.45) is 0.553. The molecule has 35 heavy (non-hydrogen) atoms. The topological polar surface area (TPSA) is 101 Å². The van der Waals surface area contributed by atoms with Gasteiger partial charge in [0.15, 0.2) is 0 Å². The van der Waals surface area contributed by atoms with Crippen LogP contribution in [0.3, 0.4) is 0 Å². The minimum Gasteiger partial charge on any atom is -0.496 e. The Hall–Kier alpha value is -2.98. The molecular weight excluding hydrogens is 484 g/mol. The molecule has 0 aliphatic carbocycles. The zero-order chi connectivity index (χ0) is 25.8. The molecule has 0 aliphatic heterocycles. The van der Waals surface area contributed by atoms with Gasteiger partial charge in [-0.05, 0) is 61.1 Å². The molecular formula is C25H32N4O4S2. The first-order valence-electron chi connectivity index (χ1n) is 11.3. The number of methoxy groups -OCH3 is 1. The van der Waals surface area contributed by atoms with Gasteiger partial charge in [0.05, 0.1) is 17.6 Å². The number of anilines is 1. The SMILES string of the molecule is COc1ccc(C(C)(C)C)cc1C(=O)NCCc1ccc(S(=O)(=O)N(c2nncs2)C(C)C)cc1. The molecule has 8 nitrogen and oxygen atoms in total. The van der Waals surface area contributed by atoms with E-state index in [1.807, 2.05) is 18.2 Å². The summed E-state index contributed by atoms with van der Waals surface area (Å²) in [6.45, 7) is 10.3. The lowest BCUT2D eigenvalue weighted by Crippen LogP contribution is -2.37. The van der Waals surface area contributed by atoms with E-state index in [1.54, 1.807) is 45.2 Å². The number of aromatic nitrogens is 2. The van der Waals surface area contributed by atoms with E-state index in [4.69, 9.17) is 4.74 Å². The number of carbonyl (C=O) groups excluding carboxylic acids is 1. The summed E-state index contributed by atoms with van der Waals surface area (Å²) in [4.78, 5) is 13.0. The number of hydrogen-bond acceptors (Lipinski definition) is 7. The molecule has 1 aromatic heterocycles. The minimum absolute atomic E-state index is 0.0927. The number of carbonyl (C=O) groups is 1. The molecule has 0 fully saturated rings. The van der Waals surface area contributed by atoms with Crippen molar-refractivity contribution in [3.05, 3.63) is 64.7 Å². The second kappa shape index (κ2) is 10.7. The van der Waals surface area contributed by atoms with Crippen molar-refractivity contribution in [2.24, 2.45) is 0 Å². The Bertz CT molecular complexity index is 1250. The van der Waals surface area contributed by atoms with E-state index in [0.717, 1.165) is 11.1 Å². The van der Waals surface area contributed by atoms with Gasteiger partial charge in [-0.2, -0.15) is 0 Å². The van der Waals surface area contributed by atoms with Gasteiger partial charge in [0.25, 0.3) is 15.9 Å². The number of amides is 1. The molecule has 1 N–H and O–H groups in total. The molecule has 1 heterocycles. The summed E-state index contributed by atoms with van der Waals surface area (Å²) < 4.78 is 33.1. The third-order valence-electron chi connectivity index (χ3n) is 5.50. The third kappa shape index (κ3) is 6.18. The number of nitrogens with zero attached hydrogens (tertiary/aromatic N) is 3. The molecule has 0 atom stereocenters. The largest absolute Gasteiger partial charge is 0.496 e. The Morgan fingerprint density at radius 3 is 2.37 bits per heavy atom. The molecule has 0 saturated heterocycles. The summed E-state index contributed by atoms with van der Waals surface area (Å²) in [5.41, 5.74) is 3.86. The molecule has 0 spiro atoms. The summed E-state index contributed by atoms with van der Waals surface area (Å²) in [7, 11) is -2.23. The highest BCUT2D eigenvalue weighted by Crippen LogP contribution is 2.29. The van der Waals surface area contributed by atoms with Gasteiger partial charge in [-0.3, -0.25) is 4.79 Å². The van der Waals surface area contributed by atoms with Gasteiger partial charge in [0, 0.05) is 12.6 Å². The molecule has 0 saturated carbocycles. The first-order chi connectivity index (χ1) is 16.4. The van der Waals surface area contributed by atoms with E-state index in [9.17, 15) is 13.2 Å². The second-order valence-electron chi connectivity index (χ2n) is 9.43. The van der Waals surface area contributed by atoms with Gasteiger partial charge in [-0.25, -0.2) is 12.7 Å². The zero-order valence-electron chi connectivity index (χ0n) is 20.9. The van der Waals surface area contributed by atoms with E-state index < -0.39 is 10.0 Å². The fourth-order valence-corrected chi connectivity index (χ4v) is 6.10. The highest BCUT2D eigenvalue weighted by atomic mass is 32.2. The first kappa shape index (κ1) is 26.6. The van der Waals surface area contributed by atoms with Gasteiger partial charge in [0.2, 0.25) is 5.13 Å². The molecule has 0 radical (unpaired) electrons. The van der Waals surface area contributed by atoms with Crippen LogP contribution in [0.2, 0.25) is 0 Å². The van der Waals surface area contributed by atoms with Gasteiger partial charge >= 0.3 is 0 Å². The number of sulfonamides is 1. The van der Waals surface area contributed by atoms with Crippen molar-refractivity contribution in [1.82, 2.24) is 15.5 Å². The minimum atomic E-state index is -3.78. The van der Waals surface area contributed by atoms with Gasteiger partial charge in [-0.1, -0.05) is 50.3 Å². The Balaban J connectivity index is 1.68.